The molecule has 0 saturated heterocycles. The Morgan fingerprint density at radius 2 is 0.757 bits per heavy atom. The molecule has 0 fully saturated rings. The van der Waals surface area contributed by atoms with Gasteiger partial charge in [-0.25, -0.2) is 0 Å². The number of hydrogen-bond donors (Lipinski definition) is 0. The molecule has 0 aliphatic carbocycles. The van der Waals surface area contributed by atoms with Gasteiger partial charge in [0.05, 0.1) is 18.7 Å². The maximum atomic E-state index is 14.0. The molecule has 10 rings (SSSR count). The van der Waals surface area contributed by atoms with Crippen molar-refractivity contribution >= 4 is 278 Å². The minimum Gasteiger partial charge on any atom is -0.109 e. The van der Waals surface area contributed by atoms with E-state index < -0.39 is 44.9 Å². The first-order chi connectivity index (χ1) is 52.5. The number of carbonyl (C=O) groups is 4. The van der Waals surface area contributed by atoms with E-state index in [0.29, 0.717) is 35.3 Å². The molecule has 12 unspecified atom stereocenters. The summed E-state index contributed by atoms with van der Waals surface area (Å²) < 4.78 is 10.6. The minimum absolute atomic E-state index is 0. The van der Waals surface area contributed by atoms with E-state index in [0.717, 1.165) is 74.6 Å². The summed E-state index contributed by atoms with van der Waals surface area (Å²) in [6, 6.07) is 10.7. The van der Waals surface area contributed by atoms with Crippen molar-refractivity contribution in [2.24, 2.45) is 23.7 Å². The van der Waals surface area contributed by atoms with Crippen molar-refractivity contribution in [2.45, 2.75) is 313 Å². The summed E-state index contributed by atoms with van der Waals surface area (Å²) in [6.45, 7) is 32.2. The Balaban J connectivity index is 0.000000258. The zero-order valence-electron chi connectivity index (χ0n) is 69.6. The number of unbranched alkanes of at least 4 members (excludes halogenated alkanes) is 14. The van der Waals surface area contributed by atoms with Crippen LogP contribution in [0.3, 0.4) is 0 Å². The zero-order valence-corrected chi connectivity index (χ0v) is 96.3. The van der Waals surface area contributed by atoms with Gasteiger partial charge in [-0.05, 0) is 66.2 Å². The van der Waals surface area contributed by atoms with Gasteiger partial charge in [-0.1, -0.05) is 74.2 Å². The van der Waals surface area contributed by atoms with E-state index in [-0.39, 0.29) is 59.0 Å². The molecule has 12 atom stereocenters. The van der Waals surface area contributed by atoms with Gasteiger partial charge in [0, 0.05) is 6.54 Å². The van der Waals surface area contributed by atoms with E-state index in [9.17, 15) is 19.2 Å². The van der Waals surface area contributed by atoms with Crippen molar-refractivity contribution in [1.82, 2.24) is 9.80 Å². The number of halogens is 2. The Morgan fingerprint density at radius 1 is 0.423 bits per heavy atom. The summed E-state index contributed by atoms with van der Waals surface area (Å²) in [5.41, 5.74) is 2.44. The summed E-state index contributed by atoms with van der Waals surface area (Å²) in [5.74, 6) is 2.99. The quantitative estimate of drug-likeness (QED) is 0.0165. The third-order valence-electron chi connectivity index (χ3n) is 23.3. The van der Waals surface area contributed by atoms with Crippen molar-refractivity contribution in [2.75, 3.05) is 13.1 Å². The van der Waals surface area contributed by atoms with Crippen molar-refractivity contribution in [1.29, 1.82) is 0 Å². The molecule has 0 saturated carbocycles. The second-order valence-corrected chi connectivity index (χ2v) is 113. The number of carbonyl (C=O) groups excluding carboxylic acids is 4. The molecular formula is C83H141Br2Ge2N2O4P11S6Sn. The van der Waals surface area contributed by atoms with Gasteiger partial charge in [0.1, 0.15) is 0 Å². The number of thiophene rings is 6. The van der Waals surface area contributed by atoms with Crippen molar-refractivity contribution in [3.8, 4) is 29.3 Å². The van der Waals surface area contributed by atoms with Crippen molar-refractivity contribution in [3.63, 3.8) is 0 Å². The smallest absolute Gasteiger partial charge is 0.00689 e. The Hall–Kier alpha value is 4.05. The van der Waals surface area contributed by atoms with Gasteiger partial charge >= 0.3 is 498 Å². The number of fused-ring (bicyclic) bond motifs is 8. The third-order valence-corrected chi connectivity index (χ3v) is 124. The average Bonchev–Trinajstić information content (AvgIpc) is 1.54. The number of nitrogens with zero attached hydrogens (tertiary/aromatic N) is 2. The molecule has 4 aliphatic rings. The number of amides is 4. The SMILES string of the molecule is C.CCCCC(CC)[CH2][Ge]1([CH2]C(CC)CCCC)[c]2cc(C)sc2-c2s[c]([Sn]([CH3])([CH3])[CH3])c[c]21.CCCCCCCCN1C(=O)c2c(Br)sc(Br)c2C1=O.CCCCCCCCN1C(=O)c2c(C)sc(-c3c[c]4c(s3)-c3sc(C)c[c]3[Ge]4([CH2]C(CC)CCCC)[CH2]C(CC)CCCC)c2C1=O.PPP(P)P(P(P)P)P(P)P. The van der Waals surface area contributed by atoms with Crippen LogP contribution in [-0.4, -0.2) is 91.4 Å². The molecule has 28 heteroatoms. The molecule has 0 radical (unpaired) electrons. The summed E-state index contributed by atoms with van der Waals surface area (Å²) in [5, 5.41) is 5.92. The number of aryl methyl sites for hydroxylation is 3. The fraction of sp³-hybridized carbons (Fsp3) is 0.663. The van der Waals surface area contributed by atoms with Crippen LogP contribution < -0.4 is 20.5 Å². The summed E-state index contributed by atoms with van der Waals surface area (Å²) >= 11 is 10.8. The molecule has 10 heterocycles. The van der Waals surface area contributed by atoms with Gasteiger partial charge in [-0.3, -0.25) is 14.5 Å². The third kappa shape index (κ3) is 26.6. The minimum atomic E-state index is -2.79. The molecule has 4 aliphatic heterocycles. The first-order valence-corrected chi connectivity index (χ1v) is 87.6. The molecule has 6 aromatic heterocycles. The Morgan fingerprint density at radius 3 is 1.11 bits per heavy atom. The molecule has 6 nitrogen and oxygen atoms in total. The molecule has 6 aromatic rings. The van der Waals surface area contributed by atoms with E-state index >= 15 is 0 Å². The molecule has 4 amide bonds. The van der Waals surface area contributed by atoms with E-state index in [4.69, 9.17) is 0 Å². The van der Waals surface area contributed by atoms with Crippen LogP contribution in [0.1, 0.15) is 313 Å². The maximum Gasteiger partial charge on any atom is -0.00689 e. The zero-order chi connectivity index (χ0) is 80.9. The molecule has 0 bridgehead atoms. The fourth-order valence-corrected chi connectivity index (χ4v) is 160. The van der Waals surface area contributed by atoms with E-state index in [1.54, 1.807) is 55.0 Å². The largest absolute Gasteiger partial charge is 0.109 e. The standard InChI is InChI=1S/C40H59GeNO2S3.C25H39GeS2.C14H17Br2NO2S.CH4.3CH3.H13P11.Sn/c1-8-13-16-17-18-19-22-42-39(43)34-28(7)46-38(35(34)40(42)44)33-24-32-37(47-33)36-31(23-27(6)45-36)41(32,25-29(11-4)20-14-9-2)26-30(12-5)21-15-10-3;1-6-10-12-20(8-3)17-26(18-21(9-4)13-11-7-2)22-14-15-27-24(22)25-23(26)16-19(5)28-25;1-2-3-4-5-6-7-8-17-13(18)9-10(14(17)19)12(16)20-11(9)15;;;;;1-7-10(6)11(8(2)3)9(4)5;/h23-24,29-30H,8-22,25-26H2,1-7H3;14,16,20-21H,6-13,17-18H2,1-5H3;2-8H2,1H3;1H4;3*1H3;7H,1-6H2;. The topological polar surface area (TPSA) is 74.8 Å². The predicted molar refractivity (Wildman–Crippen MR) is 556 cm³/mol. The van der Waals surface area contributed by atoms with Crippen LogP contribution in [0.2, 0.25) is 35.8 Å². The number of imide groups is 2. The van der Waals surface area contributed by atoms with Gasteiger partial charge < -0.3 is 0 Å². The van der Waals surface area contributed by atoms with Crippen LogP contribution in [0.25, 0.3) is 29.3 Å². The number of rotatable bonds is 44. The van der Waals surface area contributed by atoms with Crippen molar-refractivity contribution in [3.05, 3.63) is 68.7 Å². The van der Waals surface area contributed by atoms with Crippen LogP contribution in [0.5, 0.6) is 0 Å². The molecule has 0 N–H and O–H groups in total. The van der Waals surface area contributed by atoms with Crippen LogP contribution in [0, 0.1) is 44.4 Å². The summed E-state index contributed by atoms with van der Waals surface area (Å²) in [4.78, 5) is 75.9. The summed E-state index contributed by atoms with van der Waals surface area (Å²) in [7, 11) is 18.9. The van der Waals surface area contributed by atoms with Crippen LogP contribution >= 0.6 is 189 Å². The van der Waals surface area contributed by atoms with Crippen LogP contribution in [0.4, 0.5) is 0 Å². The molecule has 111 heavy (non-hydrogen) atoms. The fourth-order valence-electron chi connectivity index (χ4n) is 17.0. The first kappa shape index (κ1) is 104. The monoisotopic (exact) mass is 2190 g/mol. The molecular weight excluding hydrogens is 2050 g/mol. The second-order valence-electron chi connectivity index (χ2n) is 32.5. The van der Waals surface area contributed by atoms with Gasteiger partial charge in [-0.2, -0.15) is 0 Å². The van der Waals surface area contributed by atoms with Gasteiger partial charge in [0.15, 0.2) is 0 Å². The Kier molecular flexibility index (Phi) is 47.7. The predicted octanol–water partition coefficient (Wildman–Crippen LogP) is 32.6. The van der Waals surface area contributed by atoms with Gasteiger partial charge in [0.25, 0.3) is 11.8 Å². The maximum absolute atomic E-state index is 14.0. The number of hydrogen-bond acceptors (Lipinski definition) is 10. The first-order valence-electron chi connectivity index (χ1n) is 41.8. The summed E-state index contributed by atoms with van der Waals surface area (Å²) in [6.07, 6.45) is 35.4. The second kappa shape index (κ2) is 51.0. The molecule has 0 spiro atoms. The van der Waals surface area contributed by atoms with E-state index in [1.165, 1.54) is 195 Å². The van der Waals surface area contributed by atoms with E-state index in [2.05, 4.69) is 237 Å². The molecule has 624 valence electrons. The van der Waals surface area contributed by atoms with E-state index in [1.807, 2.05) is 34.4 Å². The van der Waals surface area contributed by atoms with Crippen LogP contribution in [-0.2, 0) is 0 Å². The average molecular weight is 2190 g/mol. The molecule has 0 aromatic carbocycles. The van der Waals surface area contributed by atoms with Crippen LogP contribution in [0.15, 0.2) is 31.8 Å². The van der Waals surface area contributed by atoms with Gasteiger partial charge in [0.2, 0.25) is 0 Å². The Bertz CT molecular complexity index is 3850. The Labute approximate surface area is 746 Å². The normalized spacial score (nSPS) is 17.6. The van der Waals surface area contributed by atoms with Crippen molar-refractivity contribution < 1.29 is 19.2 Å². The van der Waals surface area contributed by atoms with Gasteiger partial charge in [-0.15, -0.1) is 64.9 Å².